The van der Waals surface area contributed by atoms with Gasteiger partial charge in [0, 0.05) is 12.7 Å². The molecule has 16 heavy (non-hydrogen) atoms. The van der Waals surface area contributed by atoms with Crippen LogP contribution in [-0.2, 0) is 6.54 Å². The van der Waals surface area contributed by atoms with E-state index in [4.69, 9.17) is 0 Å². The molecule has 0 aliphatic heterocycles. The van der Waals surface area contributed by atoms with Crippen LogP contribution in [0.2, 0.25) is 0 Å². The smallest absolute Gasteiger partial charge is 0.315 e. The molecule has 0 radical (unpaired) electrons. The van der Waals surface area contributed by atoms with Gasteiger partial charge in [0.1, 0.15) is 0 Å². The molecule has 0 saturated heterocycles. The fourth-order valence-corrected chi connectivity index (χ4v) is 1.31. The number of nitrogens with zero attached hydrogens (tertiary/aromatic N) is 1. The van der Waals surface area contributed by atoms with Crippen molar-refractivity contribution in [1.82, 2.24) is 15.6 Å². The molecule has 1 aromatic heterocycles. The van der Waals surface area contributed by atoms with Gasteiger partial charge in [-0.3, -0.25) is 4.98 Å². The topological polar surface area (TPSA) is 54.0 Å². The summed E-state index contributed by atoms with van der Waals surface area (Å²) in [5, 5.41) is 5.57. The fraction of sp³-hybridized carbons (Fsp3) is 0.500. The monoisotopic (exact) mass is 221 g/mol. The van der Waals surface area contributed by atoms with Crippen molar-refractivity contribution in [2.75, 3.05) is 6.54 Å². The number of carbonyl (C=O) groups is 1. The van der Waals surface area contributed by atoms with Crippen LogP contribution in [-0.4, -0.2) is 17.6 Å². The fourth-order valence-electron chi connectivity index (χ4n) is 1.31. The number of carbonyl (C=O) groups excluding carboxylic acids is 1. The van der Waals surface area contributed by atoms with Crippen molar-refractivity contribution in [2.45, 2.75) is 32.7 Å². The first-order valence-electron chi connectivity index (χ1n) is 5.74. The third-order valence-electron chi connectivity index (χ3n) is 2.22. The maximum absolute atomic E-state index is 11.3. The number of urea groups is 1. The Morgan fingerprint density at radius 2 is 2.19 bits per heavy atom. The highest BCUT2D eigenvalue weighted by Crippen LogP contribution is 1.92. The lowest BCUT2D eigenvalue weighted by Crippen LogP contribution is -2.35. The Kier molecular flexibility index (Phi) is 5.99. The zero-order chi connectivity index (χ0) is 11.6. The molecule has 1 aromatic rings. The number of pyridine rings is 1. The quantitative estimate of drug-likeness (QED) is 0.722. The first kappa shape index (κ1) is 12.5. The lowest BCUT2D eigenvalue weighted by atomic mass is 10.2. The van der Waals surface area contributed by atoms with E-state index in [0.717, 1.165) is 31.5 Å². The van der Waals surface area contributed by atoms with E-state index in [0.29, 0.717) is 6.54 Å². The lowest BCUT2D eigenvalue weighted by molar-refractivity contribution is 0.240. The average Bonchev–Trinajstić information content (AvgIpc) is 2.33. The second-order valence-electron chi connectivity index (χ2n) is 3.64. The molecule has 0 fully saturated rings. The van der Waals surface area contributed by atoms with Crippen molar-refractivity contribution in [3.8, 4) is 0 Å². The van der Waals surface area contributed by atoms with E-state index in [-0.39, 0.29) is 6.03 Å². The Labute approximate surface area is 96.5 Å². The van der Waals surface area contributed by atoms with Gasteiger partial charge in [0.2, 0.25) is 0 Å². The summed E-state index contributed by atoms with van der Waals surface area (Å²) in [5.74, 6) is 0. The third-order valence-corrected chi connectivity index (χ3v) is 2.22. The summed E-state index contributed by atoms with van der Waals surface area (Å²) in [6.07, 6.45) is 5.07. The van der Waals surface area contributed by atoms with Crippen LogP contribution in [0, 0.1) is 0 Å². The van der Waals surface area contributed by atoms with E-state index in [1.165, 1.54) is 0 Å². The Balaban J connectivity index is 2.11. The van der Waals surface area contributed by atoms with E-state index in [2.05, 4.69) is 22.5 Å². The van der Waals surface area contributed by atoms with Crippen molar-refractivity contribution < 1.29 is 4.79 Å². The molecule has 4 heteroatoms. The molecule has 0 aliphatic rings. The van der Waals surface area contributed by atoms with Gasteiger partial charge < -0.3 is 10.6 Å². The first-order valence-corrected chi connectivity index (χ1v) is 5.74. The second kappa shape index (κ2) is 7.68. The molecule has 0 unspecified atom stereocenters. The van der Waals surface area contributed by atoms with Crippen molar-refractivity contribution in [3.63, 3.8) is 0 Å². The number of unbranched alkanes of at least 4 members (excludes halogenated alkanes) is 2. The van der Waals surface area contributed by atoms with Gasteiger partial charge >= 0.3 is 6.03 Å². The number of nitrogens with one attached hydrogen (secondary N) is 2. The summed E-state index contributed by atoms with van der Waals surface area (Å²) < 4.78 is 0. The zero-order valence-corrected chi connectivity index (χ0v) is 9.70. The normalized spacial score (nSPS) is 9.81. The van der Waals surface area contributed by atoms with Gasteiger partial charge in [0.05, 0.1) is 12.2 Å². The van der Waals surface area contributed by atoms with Gasteiger partial charge in [-0.1, -0.05) is 25.8 Å². The number of amides is 2. The molecule has 1 rings (SSSR count). The molecule has 4 nitrogen and oxygen atoms in total. The second-order valence-corrected chi connectivity index (χ2v) is 3.64. The highest BCUT2D eigenvalue weighted by molar-refractivity contribution is 5.73. The minimum Gasteiger partial charge on any atom is -0.338 e. The summed E-state index contributed by atoms with van der Waals surface area (Å²) >= 11 is 0. The molecule has 0 bridgehead atoms. The molecule has 0 aliphatic carbocycles. The average molecular weight is 221 g/mol. The lowest BCUT2D eigenvalue weighted by Gasteiger charge is -2.06. The maximum atomic E-state index is 11.3. The van der Waals surface area contributed by atoms with Crippen LogP contribution in [0.4, 0.5) is 4.79 Å². The minimum absolute atomic E-state index is 0.123. The SMILES string of the molecule is CCCCCNC(=O)NCc1ccccn1. The van der Waals surface area contributed by atoms with Gasteiger partial charge in [-0.25, -0.2) is 4.79 Å². The van der Waals surface area contributed by atoms with E-state index >= 15 is 0 Å². The molecular formula is C12H19N3O. The minimum atomic E-state index is -0.123. The molecule has 0 aromatic carbocycles. The molecule has 1 heterocycles. The Bertz CT molecular complexity index is 300. The summed E-state index contributed by atoms with van der Waals surface area (Å²) in [7, 11) is 0. The summed E-state index contributed by atoms with van der Waals surface area (Å²) in [4.78, 5) is 15.4. The number of hydrogen-bond acceptors (Lipinski definition) is 2. The molecule has 0 atom stereocenters. The van der Waals surface area contributed by atoms with Crippen molar-refractivity contribution >= 4 is 6.03 Å². The van der Waals surface area contributed by atoms with E-state index < -0.39 is 0 Å². The van der Waals surface area contributed by atoms with E-state index in [1.807, 2.05) is 18.2 Å². The highest BCUT2D eigenvalue weighted by Gasteiger charge is 1.99. The number of aromatic nitrogens is 1. The Morgan fingerprint density at radius 1 is 1.31 bits per heavy atom. The molecule has 0 spiro atoms. The predicted octanol–water partition coefficient (Wildman–Crippen LogP) is 2.07. The molecule has 88 valence electrons. The molecule has 0 saturated carbocycles. The van der Waals surface area contributed by atoms with Crippen molar-refractivity contribution in [3.05, 3.63) is 30.1 Å². The summed E-state index contributed by atoms with van der Waals surface area (Å²) in [6, 6.07) is 5.52. The molecular weight excluding hydrogens is 202 g/mol. The van der Waals surface area contributed by atoms with E-state index in [1.54, 1.807) is 6.20 Å². The summed E-state index contributed by atoms with van der Waals surface area (Å²) in [6.45, 7) is 3.35. The Hall–Kier alpha value is -1.58. The predicted molar refractivity (Wildman–Crippen MR) is 64.0 cm³/mol. The van der Waals surface area contributed by atoms with Crippen LogP contribution < -0.4 is 10.6 Å². The van der Waals surface area contributed by atoms with Crippen LogP contribution in [0.5, 0.6) is 0 Å². The van der Waals surface area contributed by atoms with Crippen LogP contribution >= 0.6 is 0 Å². The molecule has 2 N–H and O–H groups in total. The van der Waals surface area contributed by atoms with Crippen molar-refractivity contribution in [2.24, 2.45) is 0 Å². The van der Waals surface area contributed by atoms with Gasteiger partial charge in [-0.15, -0.1) is 0 Å². The zero-order valence-electron chi connectivity index (χ0n) is 9.70. The van der Waals surface area contributed by atoms with E-state index in [9.17, 15) is 4.79 Å². The van der Waals surface area contributed by atoms with Crippen molar-refractivity contribution in [1.29, 1.82) is 0 Å². The van der Waals surface area contributed by atoms with Crippen LogP contribution in [0.25, 0.3) is 0 Å². The largest absolute Gasteiger partial charge is 0.338 e. The van der Waals surface area contributed by atoms with Crippen LogP contribution in [0.15, 0.2) is 24.4 Å². The first-order chi connectivity index (χ1) is 7.83. The number of hydrogen-bond donors (Lipinski definition) is 2. The maximum Gasteiger partial charge on any atom is 0.315 e. The summed E-state index contributed by atoms with van der Waals surface area (Å²) in [5.41, 5.74) is 0.867. The van der Waals surface area contributed by atoms with Gasteiger partial charge in [0.15, 0.2) is 0 Å². The third kappa shape index (κ3) is 5.34. The van der Waals surface area contributed by atoms with Gasteiger partial charge in [-0.05, 0) is 18.6 Å². The van der Waals surface area contributed by atoms with Gasteiger partial charge in [-0.2, -0.15) is 0 Å². The van der Waals surface area contributed by atoms with Crippen LogP contribution in [0.3, 0.4) is 0 Å². The standard InChI is InChI=1S/C12H19N3O/c1-2-3-5-9-14-12(16)15-10-11-7-4-6-8-13-11/h4,6-8H,2-3,5,9-10H2,1H3,(H2,14,15,16). The van der Waals surface area contributed by atoms with Gasteiger partial charge in [0.25, 0.3) is 0 Å². The molecule has 2 amide bonds. The highest BCUT2D eigenvalue weighted by atomic mass is 16.2. The van der Waals surface area contributed by atoms with Crippen LogP contribution in [0.1, 0.15) is 31.9 Å². The number of rotatable bonds is 6. The Morgan fingerprint density at radius 3 is 2.88 bits per heavy atom.